The van der Waals surface area contributed by atoms with Crippen LogP contribution in [-0.4, -0.2) is 29.0 Å². The number of nitrogens with zero attached hydrogens (tertiary/aromatic N) is 1. The van der Waals surface area contributed by atoms with Crippen molar-refractivity contribution in [1.82, 2.24) is 0 Å². The molecule has 120 valence electrons. The van der Waals surface area contributed by atoms with E-state index in [2.05, 4.69) is 5.32 Å². The zero-order valence-corrected chi connectivity index (χ0v) is 12.2. The molecule has 1 N–H and O–H groups in total. The van der Waals surface area contributed by atoms with Gasteiger partial charge in [-0.2, -0.15) is 0 Å². The van der Waals surface area contributed by atoms with Crippen molar-refractivity contribution in [1.29, 1.82) is 0 Å². The van der Waals surface area contributed by atoms with Crippen molar-refractivity contribution in [3.05, 3.63) is 45.5 Å². The number of fused-ring (bicyclic) bond motifs is 2. The van der Waals surface area contributed by atoms with Crippen molar-refractivity contribution in [2.24, 2.45) is 11.8 Å². The Hall–Kier alpha value is -2.45. The van der Waals surface area contributed by atoms with E-state index in [0.29, 0.717) is 0 Å². The lowest BCUT2D eigenvalue weighted by atomic mass is 9.82. The average Bonchev–Trinajstić information content (AvgIpc) is 3.09. The standard InChI is InChI=1S/C14H11ClN2O6/c15-7-2-1-6(5-8(7)17(21)22)16-13(18)11-9-3-4-10(23-9)12(11)14(19)20/h1-5,9-12H,(H,16,18)(H,19,20)/p-1/t9-,10+,11-,12+/m1/s1. The Morgan fingerprint density at radius 1 is 1.22 bits per heavy atom. The van der Waals surface area contributed by atoms with E-state index < -0.39 is 40.8 Å². The highest BCUT2D eigenvalue weighted by Crippen LogP contribution is 2.39. The summed E-state index contributed by atoms with van der Waals surface area (Å²) in [6, 6.07) is 3.78. The number of carboxylic acids is 1. The molecule has 0 aromatic heterocycles. The molecule has 0 saturated carbocycles. The van der Waals surface area contributed by atoms with Crippen molar-refractivity contribution in [3.63, 3.8) is 0 Å². The van der Waals surface area contributed by atoms with E-state index in [4.69, 9.17) is 16.3 Å². The first kappa shape index (κ1) is 15.4. The minimum atomic E-state index is -1.37. The maximum absolute atomic E-state index is 12.4. The molecule has 0 aliphatic carbocycles. The number of hydrogen-bond donors (Lipinski definition) is 1. The Morgan fingerprint density at radius 3 is 2.48 bits per heavy atom. The lowest BCUT2D eigenvalue weighted by molar-refractivity contribution is -0.384. The largest absolute Gasteiger partial charge is 0.550 e. The number of carbonyl (C=O) groups is 2. The van der Waals surface area contributed by atoms with Crippen molar-refractivity contribution in [2.75, 3.05) is 5.32 Å². The molecule has 0 spiro atoms. The first-order valence-electron chi connectivity index (χ1n) is 6.68. The third-order valence-corrected chi connectivity index (χ3v) is 4.20. The van der Waals surface area contributed by atoms with E-state index in [0.717, 1.165) is 6.07 Å². The number of halogens is 1. The molecule has 3 rings (SSSR count). The highest BCUT2D eigenvalue weighted by molar-refractivity contribution is 6.32. The van der Waals surface area contributed by atoms with Crippen LogP contribution in [0.5, 0.6) is 0 Å². The lowest BCUT2D eigenvalue weighted by Crippen LogP contribution is -2.45. The van der Waals surface area contributed by atoms with E-state index in [1.165, 1.54) is 12.1 Å². The van der Waals surface area contributed by atoms with Gasteiger partial charge in [0.15, 0.2) is 0 Å². The predicted octanol–water partition coefficient (Wildman–Crippen LogP) is 0.506. The zero-order chi connectivity index (χ0) is 16.7. The number of amides is 1. The molecule has 1 amide bonds. The maximum atomic E-state index is 12.4. The van der Waals surface area contributed by atoms with Gasteiger partial charge in [-0.15, -0.1) is 0 Å². The van der Waals surface area contributed by atoms with Gasteiger partial charge in [0.2, 0.25) is 5.91 Å². The van der Waals surface area contributed by atoms with E-state index in [-0.39, 0.29) is 16.4 Å². The van der Waals surface area contributed by atoms with Gasteiger partial charge in [0.05, 0.1) is 23.0 Å². The van der Waals surface area contributed by atoms with Gasteiger partial charge in [0.1, 0.15) is 5.02 Å². The molecule has 2 aliphatic heterocycles. The molecule has 1 saturated heterocycles. The van der Waals surface area contributed by atoms with Crippen LogP contribution < -0.4 is 10.4 Å². The molecule has 0 radical (unpaired) electrons. The maximum Gasteiger partial charge on any atom is 0.289 e. The van der Waals surface area contributed by atoms with Crippen molar-refractivity contribution in [3.8, 4) is 0 Å². The van der Waals surface area contributed by atoms with Crippen LogP contribution in [0.15, 0.2) is 30.4 Å². The van der Waals surface area contributed by atoms with Gasteiger partial charge in [-0.3, -0.25) is 14.9 Å². The molecule has 1 aromatic rings. The summed E-state index contributed by atoms with van der Waals surface area (Å²) in [6.45, 7) is 0. The van der Waals surface area contributed by atoms with Crippen LogP contribution in [0.2, 0.25) is 5.02 Å². The molecule has 2 bridgehead atoms. The molecule has 8 nitrogen and oxygen atoms in total. The van der Waals surface area contributed by atoms with Crippen LogP contribution in [0.3, 0.4) is 0 Å². The Bertz CT molecular complexity index is 734. The molecule has 2 heterocycles. The number of rotatable bonds is 4. The van der Waals surface area contributed by atoms with E-state index in [1.54, 1.807) is 12.2 Å². The van der Waals surface area contributed by atoms with Gasteiger partial charge < -0.3 is 20.0 Å². The second-order valence-corrected chi connectivity index (χ2v) is 5.64. The SMILES string of the molecule is O=C([O-])[C@@H]1[C@H](C(=O)Nc2ccc(Cl)c([N+](=O)[O-])c2)[C@H]2C=C[C@@H]1O2. The van der Waals surface area contributed by atoms with Crippen LogP contribution in [0, 0.1) is 22.0 Å². The quantitative estimate of drug-likeness (QED) is 0.485. The summed E-state index contributed by atoms with van der Waals surface area (Å²) < 4.78 is 5.38. The fraction of sp³-hybridized carbons (Fsp3) is 0.286. The third kappa shape index (κ3) is 2.66. The predicted molar refractivity (Wildman–Crippen MR) is 76.5 cm³/mol. The summed E-state index contributed by atoms with van der Waals surface area (Å²) in [5.41, 5.74) is -0.208. The Labute approximate surface area is 134 Å². The van der Waals surface area contributed by atoms with Crippen molar-refractivity contribution >= 4 is 34.9 Å². The minimum Gasteiger partial charge on any atom is -0.550 e. The zero-order valence-electron chi connectivity index (χ0n) is 11.5. The number of nitro benzene ring substituents is 1. The first-order valence-corrected chi connectivity index (χ1v) is 7.05. The third-order valence-electron chi connectivity index (χ3n) is 3.88. The number of nitrogens with one attached hydrogen (secondary N) is 1. The van der Waals surface area contributed by atoms with E-state index in [9.17, 15) is 24.8 Å². The summed E-state index contributed by atoms with van der Waals surface area (Å²) >= 11 is 5.70. The van der Waals surface area contributed by atoms with Crippen LogP contribution in [-0.2, 0) is 14.3 Å². The van der Waals surface area contributed by atoms with Crippen LogP contribution in [0.1, 0.15) is 0 Å². The second-order valence-electron chi connectivity index (χ2n) is 5.23. The van der Waals surface area contributed by atoms with Gasteiger partial charge >= 0.3 is 0 Å². The van der Waals surface area contributed by atoms with Crippen LogP contribution in [0.4, 0.5) is 11.4 Å². The molecule has 1 aromatic carbocycles. The summed E-state index contributed by atoms with van der Waals surface area (Å²) in [7, 11) is 0. The number of hydrogen-bond acceptors (Lipinski definition) is 6. The Morgan fingerprint density at radius 2 is 1.87 bits per heavy atom. The molecule has 4 atom stereocenters. The van der Waals surface area contributed by atoms with Gasteiger partial charge in [0.25, 0.3) is 5.69 Å². The highest BCUT2D eigenvalue weighted by Gasteiger charge is 2.50. The Balaban J connectivity index is 1.82. The van der Waals surface area contributed by atoms with Gasteiger partial charge in [-0.1, -0.05) is 23.8 Å². The molecular weight excluding hydrogens is 328 g/mol. The average molecular weight is 338 g/mol. The minimum absolute atomic E-state index is 0.0631. The molecule has 9 heteroatoms. The summed E-state index contributed by atoms with van der Waals surface area (Å²) in [6.07, 6.45) is 1.87. The van der Waals surface area contributed by atoms with Crippen molar-refractivity contribution < 1.29 is 24.4 Å². The van der Waals surface area contributed by atoms with Crippen LogP contribution in [0.25, 0.3) is 0 Å². The smallest absolute Gasteiger partial charge is 0.289 e. The number of carboxylic acid groups (broad SMARTS) is 1. The normalized spacial score (nSPS) is 27.9. The topological polar surface area (TPSA) is 122 Å². The molecule has 1 fully saturated rings. The number of aliphatic carboxylic acids is 1. The number of benzene rings is 1. The van der Waals surface area contributed by atoms with Gasteiger partial charge in [-0.05, 0) is 12.1 Å². The molecule has 23 heavy (non-hydrogen) atoms. The van der Waals surface area contributed by atoms with E-state index >= 15 is 0 Å². The number of ether oxygens (including phenoxy) is 1. The summed E-state index contributed by atoms with van der Waals surface area (Å²) in [5.74, 6) is -4.02. The van der Waals surface area contributed by atoms with Gasteiger partial charge in [0, 0.05) is 23.6 Å². The first-order chi connectivity index (χ1) is 10.9. The second kappa shape index (κ2) is 5.64. The van der Waals surface area contributed by atoms with E-state index in [1.807, 2.05) is 0 Å². The molecular formula is C14H10ClN2O6-. The number of anilines is 1. The highest BCUT2D eigenvalue weighted by atomic mass is 35.5. The number of carbonyl (C=O) groups excluding carboxylic acids is 2. The molecule has 0 unspecified atom stereocenters. The monoisotopic (exact) mass is 337 g/mol. The fourth-order valence-corrected chi connectivity index (χ4v) is 3.04. The Kier molecular flexibility index (Phi) is 3.78. The lowest BCUT2D eigenvalue weighted by Gasteiger charge is -2.24. The summed E-state index contributed by atoms with van der Waals surface area (Å²) in [5, 5.41) is 24.5. The summed E-state index contributed by atoms with van der Waals surface area (Å²) in [4.78, 5) is 33.8. The van der Waals surface area contributed by atoms with Gasteiger partial charge in [-0.25, -0.2) is 0 Å². The number of nitro groups is 1. The van der Waals surface area contributed by atoms with Crippen LogP contribution >= 0.6 is 11.6 Å². The molecule has 2 aliphatic rings. The fourth-order valence-electron chi connectivity index (χ4n) is 2.86. The van der Waals surface area contributed by atoms with Crippen molar-refractivity contribution in [2.45, 2.75) is 12.2 Å².